The first-order valence-corrected chi connectivity index (χ1v) is 6.85. The molecule has 0 fully saturated rings. The zero-order chi connectivity index (χ0) is 10.6. The summed E-state index contributed by atoms with van der Waals surface area (Å²) in [6.07, 6.45) is 1.19. The fourth-order valence-corrected chi connectivity index (χ4v) is 3.10. The highest BCUT2D eigenvalue weighted by molar-refractivity contribution is 9.10. The lowest BCUT2D eigenvalue weighted by atomic mass is 9.98. The third-order valence-corrected chi connectivity index (χ3v) is 4.01. The smallest absolute Gasteiger partial charge is 0.0362 e. The summed E-state index contributed by atoms with van der Waals surface area (Å²) in [6, 6.07) is 0.482. The topological polar surface area (TPSA) is 12.0 Å². The summed E-state index contributed by atoms with van der Waals surface area (Å²) in [7, 11) is 0. The van der Waals surface area contributed by atoms with Crippen molar-refractivity contribution in [1.82, 2.24) is 5.32 Å². The van der Waals surface area contributed by atoms with Gasteiger partial charge >= 0.3 is 0 Å². The van der Waals surface area contributed by atoms with Gasteiger partial charge in [0.1, 0.15) is 0 Å². The number of rotatable bonds is 5. The van der Waals surface area contributed by atoms with E-state index in [1.165, 1.54) is 16.5 Å². The van der Waals surface area contributed by atoms with E-state index in [1.807, 2.05) is 0 Å². The standard InChI is InChI=1S/C11H18BrNS/c1-4-5-13-11(8(2)3)9-6-14-7-10(9)12/h6-8,11,13H,4-5H2,1-3H3. The van der Waals surface area contributed by atoms with Gasteiger partial charge in [0.15, 0.2) is 0 Å². The van der Waals surface area contributed by atoms with Crippen molar-refractivity contribution < 1.29 is 0 Å². The molecule has 1 unspecified atom stereocenters. The average Bonchev–Trinajstić information content (AvgIpc) is 2.52. The molecule has 1 N–H and O–H groups in total. The Hall–Kier alpha value is 0.140. The predicted molar refractivity (Wildman–Crippen MR) is 67.9 cm³/mol. The van der Waals surface area contributed by atoms with Gasteiger partial charge in [0.25, 0.3) is 0 Å². The minimum atomic E-state index is 0.482. The second kappa shape index (κ2) is 5.89. The molecule has 1 nitrogen and oxygen atoms in total. The van der Waals surface area contributed by atoms with E-state index >= 15 is 0 Å². The first-order valence-electron chi connectivity index (χ1n) is 5.11. The molecule has 1 heterocycles. The minimum absolute atomic E-state index is 0.482. The van der Waals surface area contributed by atoms with E-state index in [-0.39, 0.29) is 0 Å². The van der Waals surface area contributed by atoms with Crippen LogP contribution in [0.2, 0.25) is 0 Å². The Bertz CT molecular complexity index is 270. The normalized spacial score (nSPS) is 13.5. The minimum Gasteiger partial charge on any atom is -0.310 e. The van der Waals surface area contributed by atoms with Crippen LogP contribution in [0, 0.1) is 5.92 Å². The summed E-state index contributed by atoms with van der Waals surface area (Å²) >= 11 is 5.36. The third kappa shape index (κ3) is 3.07. The first kappa shape index (κ1) is 12.2. The Balaban J connectivity index is 2.73. The van der Waals surface area contributed by atoms with Crippen molar-refractivity contribution in [2.45, 2.75) is 33.2 Å². The molecule has 0 aliphatic carbocycles. The Kier molecular flexibility index (Phi) is 5.13. The summed E-state index contributed by atoms with van der Waals surface area (Å²) in [5.41, 5.74) is 1.40. The van der Waals surface area contributed by atoms with E-state index in [9.17, 15) is 0 Å². The van der Waals surface area contributed by atoms with Gasteiger partial charge in [-0.05, 0) is 45.8 Å². The number of thiophene rings is 1. The molecule has 80 valence electrons. The number of halogens is 1. The van der Waals surface area contributed by atoms with Crippen molar-refractivity contribution in [2.75, 3.05) is 6.54 Å². The van der Waals surface area contributed by atoms with Crippen LogP contribution in [0.1, 0.15) is 38.8 Å². The van der Waals surface area contributed by atoms with Gasteiger partial charge in [-0.1, -0.05) is 20.8 Å². The van der Waals surface area contributed by atoms with Crippen LogP contribution < -0.4 is 5.32 Å². The van der Waals surface area contributed by atoms with Crippen molar-refractivity contribution in [3.8, 4) is 0 Å². The van der Waals surface area contributed by atoms with Crippen LogP contribution in [0.25, 0.3) is 0 Å². The van der Waals surface area contributed by atoms with Crippen molar-refractivity contribution in [3.63, 3.8) is 0 Å². The van der Waals surface area contributed by atoms with Gasteiger partial charge in [0, 0.05) is 15.9 Å². The van der Waals surface area contributed by atoms with Crippen molar-refractivity contribution in [2.24, 2.45) is 5.92 Å². The van der Waals surface area contributed by atoms with E-state index in [2.05, 4.69) is 52.8 Å². The lowest BCUT2D eigenvalue weighted by Crippen LogP contribution is -2.26. The van der Waals surface area contributed by atoms with Crippen molar-refractivity contribution in [1.29, 1.82) is 0 Å². The molecule has 1 aromatic heterocycles. The summed E-state index contributed by atoms with van der Waals surface area (Å²) in [6.45, 7) is 7.81. The molecule has 1 atom stereocenters. The van der Waals surface area contributed by atoms with Gasteiger partial charge in [-0.25, -0.2) is 0 Å². The highest BCUT2D eigenvalue weighted by Gasteiger charge is 2.17. The summed E-state index contributed by atoms with van der Waals surface area (Å²) < 4.78 is 1.24. The molecule has 3 heteroatoms. The summed E-state index contributed by atoms with van der Waals surface area (Å²) in [4.78, 5) is 0. The zero-order valence-corrected chi connectivity index (χ0v) is 11.4. The van der Waals surface area contributed by atoms with E-state index in [0.717, 1.165) is 6.54 Å². The second-order valence-corrected chi connectivity index (χ2v) is 5.45. The molecule has 1 aromatic rings. The molecule has 0 aliphatic rings. The van der Waals surface area contributed by atoms with Gasteiger partial charge in [-0.2, -0.15) is 11.3 Å². The van der Waals surface area contributed by atoms with Crippen LogP contribution in [-0.2, 0) is 0 Å². The highest BCUT2D eigenvalue weighted by Crippen LogP contribution is 2.31. The van der Waals surface area contributed by atoms with Crippen LogP contribution in [0.5, 0.6) is 0 Å². The Labute approximate surface area is 99.0 Å². The Morgan fingerprint density at radius 1 is 1.43 bits per heavy atom. The van der Waals surface area contributed by atoms with Gasteiger partial charge < -0.3 is 5.32 Å². The maximum Gasteiger partial charge on any atom is 0.0362 e. The lowest BCUT2D eigenvalue weighted by molar-refractivity contribution is 0.412. The van der Waals surface area contributed by atoms with E-state index < -0.39 is 0 Å². The quantitative estimate of drug-likeness (QED) is 0.849. The molecule has 0 radical (unpaired) electrons. The number of hydrogen-bond donors (Lipinski definition) is 1. The van der Waals surface area contributed by atoms with Gasteiger partial charge in [-0.15, -0.1) is 0 Å². The largest absolute Gasteiger partial charge is 0.310 e. The van der Waals surface area contributed by atoms with Gasteiger partial charge in [0.05, 0.1) is 0 Å². The lowest BCUT2D eigenvalue weighted by Gasteiger charge is -2.22. The first-order chi connectivity index (χ1) is 6.66. The maximum atomic E-state index is 3.60. The molecule has 0 saturated heterocycles. The van der Waals surface area contributed by atoms with E-state index in [4.69, 9.17) is 0 Å². The monoisotopic (exact) mass is 275 g/mol. The van der Waals surface area contributed by atoms with E-state index in [1.54, 1.807) is 11.3 Å². The maximum absolute atomic E-state index is 3.60. The highest BCUT2D eigenvalue weighted by atomic mass is 79.9. The fraction of sp³-hybridized carbons (Fsp3) is 0.636. The average molecular weight is 276 g/mol. The molecule has 0 spiro atoms. The number of nitrogens with one attached hydrogen (secondary N) is 1. The molecule has 0 aliphatic heterocycles. The Morgan fingerprint density at radius 2 is 2.14 bits per heavy atom. The number of hydrogen-bond acceptors (Lipinski definition) is 2. The molecule has 0 amide bonds. The van der Waals surface area contributed by atoms with Crippen LogP contribution in [-0.4, -0.2) is 6.54 Å². The van der Waals surface area contributed by atoms with Crippen LogP contribution in [0.15, 0.2) is 15.2 Å². The van der Waals surface area contributed by atoms with Crippen LogP contribution in [0.4, 0.5) is 0 Å². The summed E-state index contributed by atoms with van der Waals surface area (Å²) in [5, 5.41) is 7.97. The molecular weight excluding hydrogens is 258 g/mol. The van der Waals surface area contributed by atoms with Crippen molar-refractivity contribution >= 4 is 27.3 Å². The van der Waals surface area contributed by atoms with Crippen LogP contribution >= 0.6 is 27.3 Å². The Morgan fingerprint density at radius 3 is 2.57 bits per heavy atom. The molecule has 14 heavy (non-hydrogen) atoms. The van der Waals surface area contributed by atoms with Gasteiger partial charge in [0.2, 0.25) is 0 Å². The van der Waals surface area contributed by atoms with Crippen molar-refractivity contribution in [3.05, 3.63) is 20.8 Å². The van der Waals surface area contributed by atoms with Crippen LogP contribution in [0.3, 0.4) is 0 Å². The predicted octanol–water partition coefficient (Wildman–Crippen LogP) is 4.21. The molecule has 0 bridgehead atoms. The molecule has 1 rings (SSSR count). The molecule has 0 aromatic carbocycles. The third-order valence-electron chi connectivity index (χ3n) is 2.26. The second-order valence-electron chi connectivity index (χ2n) is 3.85. The fourth-order valence-electron chi connectivity index (χ4n) is 1.52. The SMILES string of the molecule is CCCNC(c1cscc1Br)C(C)C. The van der Waals surface area contributed by atoms with E-state index in [0.29, 0.717) is 12.0 Å². The summed E-state index contributed by atoms with van der Waals surface area (Å²) in [5.74, 6) is 0.632. The molecular formula is C11H18BrNS. The molecule has 0 saturated carbocycles. The van der Waals surface area contributed by atoms with Gasteiger partial charge in [-0.3, -0.25) is 0 Å². The zero-order valence-electron chi connectivity index (χ0n) is 9.01.